The van der Waals surface area contributed by atoms with Crippen molar-refractivity contribution in [1.29, 1.82) is 0 Å². The first-order chi connectivity index (χ1) is 11.1. The third-order valence-corrected chi connectivity index (χ3v) is 4.71. The Bertz CT molecular complexity index is 412. The monoisotopic (exact) mass is 327 g/mol. The van der Waals surface area contributed by atoms with Crippen LogP contribution in [0, 0.1) is 0 Å². The maximum atomic E-state index is 12.2. The normalized spacial score (nSPS) is 26.7. The highest BCUT2D eigenvalue weighted by Gasteiger charge is 2.38. The number of nitrogens with zero attached hydrogens (tertiary/aromatic N) is 1. The number of aliphatic hydroxyl groups excluding tert-OH is 1. The van der Waals surface area contributed by atoms with Gasteiger partial charge in [0.2, 0.25) is 11.8 Å². The number of morpholine rings is 1. The minimum atomic E-state index is -0.913. The number of hydrogen-bond acceptors (Lipinski definition) is 5. The Balaban J connectivity index is 1.84. The van der Waals surface area contributed by atoms with Gasteiger partial charge in [-0.2, -0.15) is 0 Å². The van der Waals surface area contributed by atoms with Crippen molar-refractivity contribution in [2.75, 3.05) is 39.9 Å². The first-order valence-electron chi connectivity index (χ1n) is 8.54. The molecule has 0 aromatic heterocycles. The molecule has 2 amide bonds. The Morgan fingerprint density at radius 2 is 2.00 bits per heavy atom. The van der Waals surface area contributed by atoms with E-state index in [1.54, 1.807) is 7.05 Å². The Kier molecular flexibility index (Phi) is 6.80. The van der Waals surface area contributed by atoms with E-state index in [4.69, 9.17) is 4.74 Å². The predicted molar refractivity (Wildman–Crippen MR) is 85.9 cm³/mol. The smallest absolute Gasteiger partial charge is 0.234 e. The predicted octanol–water partition coefficient (Wildman–Crippen LogP) is -0.365. The zero-order valence-corrected chi connectivity index (χ0v) is 14.0. The van der Waals surface area contributed by atoms with Gasteiger partial charge in [0.05, 0.1) is 26.2 Å². The topological polar surface area (TPSA) is 90.9 Å². The van der Waals surface area contributed by atoms with Crippen LogP contribution in [0.4, 0.5) is 0 Å². The maximum absolute atomic E-state index is 12.2. The molecule has 1 saturated carbocycles. The highest BCUT2D eigenvalue weighted by atomic mass is 16.5. The highest BCUT2D eigenvalue weighted by Crippen LogP contribution is 2.22. The molecular formula is C16H29N3O4. The van der Waals surface area contributed by atoms with Crippen LogP contribution < -0.4 is 10.6 Å². The minimum absolute atomic E-state index is 0.0191. The molecule has 3 N–H and O–H groups in total. The summed E-state index contributed by atoms with van der Waals surface area (Å²) in [5, 5.41) is 15.3. The fourth-order valence-electron chi connectivity index (χ4n) is 3.42. The van der Waals surface area contributed by atoms with Gasteiger partial charge in [0.25, 0.3) is 0 Å². The summed E-state index contributed by atoms with van der Waals surface area (Å²) in [6.45, 7) is 1.48. The van der Waals surface area contributed by atoms with Crippen molar-refractivity contribution in [1.82, 2.24) is 15.5 Å². The van der Waals surface area contributed by atoms with Crippen molar-refractivity contribution in [3.63, 3.8) is 0 Å². The lowest BCUT2D eigenvalue weighted by atomic mass is 9.95. The van der Waals surface area contributed by atoms with Crippen LogP contribution in [0.15, 0.2) is 0 Å². The maximum Gasteiger partial charge on any atom is 0.234 e. The van der Waals surface area contributed by atoms with Crippen LogP contribution in [0.2, 0.25) is 0 Å². The summed E-state index contributed by atoms with van der Waals surface area (Å²) in [5.41, 5.74) is -0.913. The molecule has 2 aliphatic rings. The molecule has 23 heavy (non-hydrogen) atoms. The van der Waals surface area contributed by atoms with Gasteiger partial charge in [0.15, 0.2) is 0 Å². The van der Waals surface area contributed by atoms with E-state index in [0.717, 1.165) is 12.8 Å². The zero-order valence-electron chi connectivity index (χ0n) is 14.0. The first kappa shape index (κ1) is 18.2. The van der Waals surface area contributed by atoms with E-state index >= 15 is 0 Å². The van der Waals surface area contributed by atoms with E-state index in [1.165, 1.54) is 19.3 Å². The third-order valence-electron chi connectivity index (χ3n) is 4.71. The number of amides is 2. The summed E-state index contributed by atoms with van der Waals surface area (Å²) in [6.07, 6.45) is 5.85. The van der Waals surface area contributed by atoms with Crippen LogP contribution in [-0.4, -0.2) is 73.4 Å². The second-order valence-corrected chi connectivity index (χ2v) is 6.65. The van der Waals surface area contributed by atoms with Gasteiger partial charge in [-0.25, -0.2) is 0 Å². The molecule has 0 unspecified atom stereocenters. The quantitative estimate of drug-likeness (QED) is 0.619. The highest BCUT2D eigenvalue weighted by molar-refractivity contribution is 5.78. The lowest BCUT2D eigenvalue weighted by Crippen LogP contribution is -2.57. The summed E-state index contributed by atoms with van der Waals surface area (Å²) in [6, 6.07) is 0.297. The number of aliphatic hydroxyl groups is 1. The SMILES string of the molecule is CNC(=O)C[C@@]1(CO)CN(CC(=O)NC2CCCCC2)CCO1. The van der Waals surface area contributed by atoms with Crippen LogP contribution in [0.1, 0.15) is 38.5 Å². The molecule has 7 nitrogen and oxygen atoms in total. The van der Waals surface area contributed by atoms with E-state index in [2.05, 4.69) is 10.6 Å². The van der Waals surface area contributed by atoms with Gasteiger partial charge < -0.3 is 20.5 Å². The molecule has 0 bridgehead atoms. The molecule has 0 aromatic carbocycles. The standard InChI is InChI=1S/C16H29N3O4/c1-17-14(21)9-16(12-20)11-19(7-8-23-16)10-15(22)18-13-5-3-2-4-6-13/h13,20H,2-12H2,1H3,(H,17,21)(H,18,22)/t16-/m0/s1. The lowest BCUT2D eigenvalue weighted by molar-refractivity contribution is -0.153. The largest absolute Gasteiger partial charge is 0.393 e. The second kappa shape index (κ2) is 8.61. The number of ether oxygens (including phenoxy) is 1. The van der Waals surface area contributed by atoms with E-state index < -0.39 is 5.60 Å². The molecule has 1 aliphatic carbocycles. The summed E-state index contributed by atoms with van der Waals surface area (Å²) >= 11 is 0. The van der Waals surface area contributed by atoms with Gasteiger partial charge in [0, 0.05) is 26.2 Å². The minimum Gasteiger partial charge on any atom is -0.393 e. The Morgan fingerprint density at radius 1 is 1.26 bits per heavy atom. The van der Waals surface area contributed by atoms with Crippen molar-refractivity contribution >= 4 is 11.8 Å². The lowest BCUT2D eigenvalue weighted by Gasteiger charge is -2.41. The first-order valence-corrected chi connectivity index (χ1v) is 8.54. The number of carbonyl (C=O) groups excluding carboxylic acids is 2. The molecule has 0 radical (unpaired) electrons. The average molecular weight is 327 g/mol. The van der Waals surface area contributed by atoms with E-state index in [-0.39, 0.29) is 31.4 Å². The Morgan fingerprint density at radius 3 is 2.65 bits per heavy atom. The Labute approximate surface area is 137 Å². The summed E-state index contributed by atoms with van der Waals surface area (Å²) in [7, 11) is 1.56. The molecule has 0 aromatic rings. The molecule has 1 aliphatic heterocycles. The van der Waals surface area contributed by atoms with Crippen molar-refractivity contribution in [3.05, 3.63) is 0 Å². The molecule has 1 atom stereocenters. The van der Waals surface area contributed by atoms with E-state index in [9.17, 15) is 14.7 Å². The average Bonchev–Trinajstić information content (AvgIpc) is 2.55. The molecule has 1 saturated heterocycles. The summed E-state index contributed by atoms with van der Waals surface area (Å²) in [4.78, 5) is 25.8. The number of hydrogen-bond donors (Lipinski definition) is 3. The molecule has 2 rings (SSSR count). The van der Waals surface area contributed by atoms with E-state index in [0.29, 0.717) is 25.7 Å². The molecule has 1 heterocycles. The van der Waals surface area contributed by atoms with Crippen molar-refractivity contribution in [3.8, 4) is 0 Å². The number of carbonyl (C=O) groups is 2. The number of nitrogens with one attached hydrogen (secondary N) is 2. The fraction of sp³-hybridized carbons (Fsp3) is 0.875. The van der Waals surface area contributed by atoms with Gasteiger partial charge in [-0.15, -0.1) is 0 Å². The summed E-state index contributed by atoms with van der Waals surface area (Å²) < 4.78 is 5.66. The van der Waals surface area contributed by atoms with Crippen molar-refractivity contribution in [2.45, 2.75) is 50.2 Å². The zero-order chi connectivity index (χ0) is 16.7. The Hall–Kier alpha value is -1.18. The van der Waals surface area contributed by atoms with Gasteiger partial charge >= 0.3 is 0 Å². The third kappa shape index (κ3) is 5.44. The number of rotatable bonds is 6. The molecule has 7 heteroatoms. The van der Waals surface area contributed by atoms with Gasteiger partial charge in [-0.1, -0.05) is 19.3 Å². The van der Waals surface area contributed by atoms with Crippen LogP contribution in [0.3, 0.4) is 0 Å². The second-order valence-electron chi connectivity index (χ2n) is 6.65. The molecule has 2 fully saturated rings. The fourth-order valence-corrected chi connectivity index (χ4v) is 3.42. The van der Waals surface area contributed by atoms with Gasteiger partial charge in [-0.05, 0) is 12.8 Å². The van der Waals surface area contributed by atoms with Crippen LogP contribution in [-0.2, 0) is 14.3 Å². The summed E-state index contributed by atoms with van der Waals surface area (Å²) in [5.74, 6) is -0.154. The van der Waals surface area contributed by atoms with Crippen molar-refractivity contribution in [2.24, 2.45) is 0 Å². The van der Waals surface area contributed by atoms with E-state index in [1.807, 2.05) is 4.90 Å². The molecule has 132 valence electrons. The van der Waals surface area contributed by atoms with Crippen LogP contribution in [0.25, 0.3) is 0 Å². The molecular weight excluding hydrogens is 298 g/mol. The molecule has 0 spiro atoms. The van der Waals surface area contributed by atoms with Gasteiger partial charge in [0.1, 0.15) is 5.60 Å². The van der Waals surface area contributed by atoms with Crippen LogP contribution in [0.5, 0.6) is 0 Å². The van der Waals surface area contributed by atoms with Crippen LogP contribution >= 0.6 is 0 Å². The van der Waals surface area contributed by atoms with Gasteiger partial charge in [-0.3, -0.25) is 14.5 Å². The van der Waals surface area contributed by atoms with Crippen molar-refractivity contribution < 1.29 is 19.4 Å².